The van der Waals surface area contributed by atoms with Gasteiger partial charge in [0.05, 0.1) is 0 Å². The summed E-state index contributed by atoms with van der Waals surface area (Å²) in [6.45, 7) is 5.63. The van der Waals surface area contributed by atoms with Crippen molar-refractivity contribution in [2.24, 2.45) is 0 Å². The molecule has 0 bridgehead atoms. The lowest BCUT2D eigenvalue weighted by molar-refractivity contribution is 0.0636. The van der Waals surface area contributed by atoms with Crippen molar-refractivity contribution in [3.05, 3.63) is 11.8 Å². The van der Waals surface area contributed by atoms with Crippen molar-refractivity contribution < 1.29 is 4.79 Å². The minimum Gasteiger partial charge on any atom is -0.382 e. The molecule has 5 nitrogen and oxygen atoms in total. The fourth-order valence-electron chi connectivity index (χ4n) is 2.32. The number of nitrogens with two attached hydrogens (primary N) is 1. The van der Waals surface area contributed by atoms with E-state index >= 15 is 0 Å². The molecule has 5 heteroatoms. The first-order valence-electron chi connectivity index (χ1n) is 6.27. The van der Waals surface area contributed by atoms with Crippen molar-refractivity contribution in [3.8, 4) is 0 Å². The molecule has 0 spiro atoms. The SMILES string of the molecule is CCn1cc(C(=O)N2CCCCC2C)c(N)n1. The van der Waals surface area contributed by atoms with Gasteiger partial charge in [0.15, 0.2) is 5.82 Å². The molecule has 2 heterocycles. The Bertz CT molecular complexity index is 413. The van der Waals surface area contributed by atoms with Crippen molar-refractivity contribution >= 4 is 11.7 Å². The largest absolute Gasteiger partial charge is 0.382 e. The van der Waals surface area contributed by atoms with Gasteiger partial charge in [-0.2, -0.15) is 5.10 Å². The second-order valence-corrected chi connectivity index (χ2v) is 4.63. The molecular weight excluding hydrogens is 216 g/mol. The van der Waals surface area contributed by atoms with Gasteiger partial charge >= 0.3 is 0 Å². The molecular formula is C12H20N4O. The van der Waals surface area contributed by atoms with Gasteiger partial charge in [-0.1, -0.05) is 0 Å². The normalized spacial score (nSPS) is 20.6. The van der Waals surface area contributed by atoms with Crippen LogP contribution in [-0.2, 0) is 6.54 Å². The van der Waals surface area contributed by atoms with E-state index in [0.717, 1.165) is 25.9 Å². The second-order valence-electron chi connectivity index (χ2n) is 4.63. The highest BCUT2D eigenvalue weighted by Crippen LogP contribution is 2.21. The number of aromatic nitrogens is 2. The standard InChI is InChI=1S/C12H20N4O/c1-3-15-8-10(11(13)14-15)12(17)16-7-5-4-6-9(16)2/h8-9H,3-7H2,1-2H3,(H2,13,14). The molecule has 0 saturated carbocycles. The van der Waals surface area contributed by atoms with Crippen LogP contribution in [0, 0.1) is 0 Å². The first-order chi connectivity index (χ1) is 8.13. The van der Waals surface area contributed by atoms with Crippen LogP contribution in [-0.4, -0.2) is 33.2 Å². The minimum absolute atomic E-state index is 0.0226. The lowest BCUT2D eigenvalue weighted by Gasteiger charge is -2.33. The van der Waals surface area contributed by atoms with Crippen LogP contribution in [0.25, 0.3) is 0 Å². The van der Waals surface area contributed by atoms with Gasteiger partial charge in [0.2, 0.25) is 0 Å². The average molecular weight is 236 g/mol. The Hall–Kier alpha value is -1.52. The van der Waals surface area contributed by atoms with E-state index in [1.54, 1.807) is 10.9 Å². The Balaban J connectivity index is 2.20. The lowest BCUT2D eigenvalue weighted by Crippen LogP contribution is -2.42. The number of hydrogen-bond donors (Lipinski definition) is 1. The van der Waals surface area contributed by atoms with Gasteiger partial charge in [-0.25, -0.2) is 0 Å². The number of rotatable bonds is 2. The van der Waals surface area contributed by atoms with Crippen LogP contribution >= 0.6 is 0 Å². The van der Waals surface area contributed by atoms with Crippen LogP contribution in [0.5, 0.6) is 0 Å². The van der Waals surface area contributed by atoms with Crippen LogP contribution in [0.2, 0.25) is 0 Å². The summed E-state index contributed by atoms with van der Waals surface area (Å²) in [5, 5.41) is 4.12. The third kappa shape index (κ3) is 2.28. The minimum atomic E-state index is 0.0226. The third-order valence-electron chi connectivity index (χ3n) is 3.41. The lowest BCUT2D eigenvalue weighted by atomic mass is 10.0. The number of anilines is 1. The van der Waals surface area contributed by atoms with Gasteiger partial charge in [-0.05, 0) is 33.1 Å². The van der Waals surface area contributed by atoms with Gasteiger partial charge in [0, 0.05) is 25.3 Å². The van der Waals surface area contributed by atoms with Gasteiger partial charge < -0.3 is 10.6 Å². The zero-order chi connectivity index (χ0) is 12.4. The zero-order valence-electron chi connectivity index (χ0n) is 10.5. The molecule has 1 aromatic rings. The predicted octanol–water partition coefficient (Wildman–Crippen LogP) is 1.50. The smallest absolute Gasteiger partial charge is 0.259 e. The van der Waals surface area contributed by atoms with E-state index in [9.17, 15) is 4.79 Å². The maximum atomic E-state index is 12.4. The molecule has 0 aliphatic carbocycles. The van der Waals surface area contributed by atoms with E-state index in [4.69, 9.17) is 5.73 Å². The average Bonchev–Trinajstić information content (AvgIpc) is 2.70. The van der Waals surface area contributed by atoms with Gasteiger partial charge in [0.1, 0.15) is 5.56 Å². The van der Waals surface area contributed by atoms with Crippen molar-refractivity contribution in [2.75, 3.05) is 12.3 Å². The highest BCUT2D eigenvalue weighted by molar-refractivity contribution is 5.98. The van der Waals surface area contributed by atoms with Crippen LogP contribution in [0.3, 0.4) is 0 Å². The van der Waals surface area contributed by atoms with Gasteiger partial charge in [0.25, 0.3) is 5.91 Å². The second kappa shape index (κ2) is 4.77. The number of carbonyl (C=O) groups excluding carboxylic acids is 1. The monoisotopic (exact) mass is 236 g/mol. The van der Waals surface area contributed by atoms with Crippen molar-refractivity contribution in [1.82, 2.24) is 14.7 Å². The molecule has 1 atom stereocenters. The highest BCUT2D eigenvalue weighted by atomic mass is 16.2. The number of piperidine rings is 1. The summed E-state index contributed by atoms with van der Waals surface area (Å²) < 4.78 is 1.71. The number of nitrogens with zero attached hydrogens (tertiary/aromatic N) is 3. The number of amides is 1. The van der Waals surface area contributed by atoms with Gasteiger partial charge in [-0.3, -0.25) is 9.48 Å². The summed E-state index contributed by atoms with van der Waals surface area (Å²) in [7, 11) is 0. The van der Waals surface area contributed by atoms with E-state index < -0.39 is 0 Å². The van der Waals surface area contributed by atoms with E-state index in [0.29, 0.717) is 17.4 Å². The van der Waals surface area contributed by atoms with Crippen LogP contribution < -0.4 is 5.73 Å². The van der Waals surface area contributed by atoms with Crippen LogP contribution in [0.15, 0.2) is 6.20 Å². The maximum Gasteiger partial charge on any atom is 0.259 e. The molecule has 1 saturated heterocycles. The summed E-state index contributed by atoms with van der Waals surface area (Å²) in [5.74, 6) is 0.365. The number of nitrogen functional groups attached to an aromatic ring is 1. The van der Waals surface area contributed by atoms with E-state index in [1.165, 1.54) is 6.42 Å². The summed E-state index contributed by atoms with van der Waals surface area (Å²) in [6, 6.07) is 0.306. The molecule has 17 heavy (non-hydrogen) atoms. The Morgan fingerprint density at radius 2 is 2.35 bits per heavy atom. The molecule has 1 amide bonds. The number of hydrogen-bond acceptors (Lipinski definition) is 3. The van der Waals surface area contributed by atoms with Gasteiger partial charge in [-0.15, -0.1) is 0 Å². The summed E-state index contributed by atoms with van der Waals surface area (Å²) in [4.78, 5) is 14.3. The fourth-order valence-corrected chi connectivity index (χ4v) is 2.32. The molecule has 1 fully saturated rings. The van der Waals surface area contributed by atoms with Crippen LogP contribution in [0.4, 0.5) is 5.82 Å². The molecule has 94 valence electrons. The molecule has 2 N–H and O–H groups in total. The molecule has 0 radical (unpaired) electrons. The molecule has 1 aliphatic rings. The first kappa shape index (κ1) is 12.0. The topological polar surface area (TPSA) is 64.2 Å². The van der Waals surface area contributed by atoms with E-state index in [1.807, 2.05) is 11.8 Å². The Morgan fingerprint density at radius 1 is 1.59 bits per heavy atom. The zero-order valence-corrected chi connectivity index (χ0v) is 10.5. The molecule has 1 aromatic heterocycles. The quantitative estimate of drug-likeness (QED) is 0.846. The molecule has 0 aromatic carbocycles. The molecule has 1 unspecified atom stereocenters. The number of carbonyl (C=O) groups is 1. The number of likely N-dealkylation sites (tertiary alicyclic amines) is 1. The highest BCUT2D eigenvalue weighted by Gasteiger charge is 2.26. The number of aryl methyl sites for hydroxylation is 1. The predicted molar refractivity (Wildman–Crippen MR) is 66.7 cm³/mol. The Morgan fingerprint density at radius 3 is 2.94 bits per heavy atom. The van der Waals surface area contributed by atoms with Crippen LogP contribution in [0.1, 0.15) is 43.5 Å². The van der Waals surface area contributed by atoms with E-state index in [2.05, 4.69) is 12.0 Å². The maximum absolute atomic E-state index is 12.4. The summed E-state index contributed by atoms with van der Waals surface area (Å²) in [5.41, 5.74) is 6.33. The van der Waals surface area contributed by atoms with Crippen molar-refractivity contribution in [3.63, 3.8) is 0 Å². The summed E-state index contributed by atoms with van der Waals surface area (Å²) in [6.07, 6.45) is 5.11. The van der Waals surface area contributed by atoms with E-state index in [-0.39, 0.29) is 5.91 Å². The summed E-state index contributed by atoms with van der Waals surface area (Å²) >= 11 is 0. The Kier molecular flexibility index (Phi) is 3.36. The first-order valence-corrected chi connectivity index (χ1v) is 6.27. The van der Waals surface area contributed by atoms with Crippen molar-refractivity contribution in [2.45, 2.75) is 45.7 Å². The fraction of sp³-hybridized carbons (Fsp3) is 0.667. The third-order valence-corrected chi connectivity index (χ3v) is 3.41. The Labute approximate surface area is 102 Å². The molecule has 2 rings (SSSR count). The van der Waals surface area contributed by atoms with Crippen molar-refractivity contribution in [1.29, 1.82) is 0 Å². The molecule has 1 aliphatic heterocycles.